The lowest BCUT2D eigenvalue weighted by molar-refractivity contribution is -0.114. The van der Waals surface area contributed by atoms with Gasteiger partial charge in [0, 0.05) is 10.7 Å². The van der Waals surface area contributed by atoms with Crippen molar-refractivity contribution in [2.24, 2.45) is 0 Å². The highest BCUT2D eigenvalue weighted by Gasteiger charge is 2.27. The lowest BCUT2D eigenvalue weighted by Gasteiger charge is -2.24. The molecule has 0 saturated heterocycles. The molecular formula is C23H23ClN2O3S. The summed E-state index contributed by atoms with van der Waals surface area (Å²) in [6, 6.07) is 21.9. The maximum atomic E-state index is 13.2. The van der Waals surface area contributed by atoms with Crippen molar-refractivity contribution in [3.05, 3.63) is 89.4 Å². The minimum absolute atomic E-state index is 0.106. The average Bonchev–Trinajstić information content (AvgIpc) is 2.74. The summed E-state index contributed by atoms with van der Waals surface area (Å²) in [4.78, 5) is 12.8. The molecule has 0 aliphatic carbocycles. The van der Waals surface area contributed by atoms with Gasteiger partial charge in [0.05, 0.1) is 10.6 Å². The van der Waals surface area contributed by atoms with E-state index in [2.05, 4.69) is 19.2 Å². The number of halogens is 1. The third-order valence-corrected chi connectivity index (χ3v) is 6.63. The van der Waals surface area contributed by atoms with Crippen LogP contribution in [0.1, 0.15) is 25.3 Å². The van der Waals surface area contributed by atoms with Crippen molar-refractivity contribution in [2.75, 3.05) is 16.2 Å². The minimum Gasteiger partial charge on any atom is -0.325 e. The van der Waals surface area contributed by atoms with Crippen LogP contribution in [0.2, 0.25) is 5.02 Å². The molecule has 0 heterocycles. The maximum Gasteiger partial charge on any atom is 0.264 e. The molecule has 3 aromatic rings. The third kappa shape index (κ3) is 5.20. The summed E-state index contributed by atoms with van der Waals surface area (Å²) in [7, 11) is -3.94. The van der Waals surface area contributed by atoms with Crippen molar-refractivity contribution < 1.29 is 13.2 Å². The van der Waals surface area contributed by atoms with Crippen molar-refractivity contribution in [1.29, 1.82) is 0 Å². The first-order chi connectivity index (χ1) is 14.3. The lowest BCUT2D eigenvalue weighted by atomic mass is 10.0. The molecule has 0 atom stereocenters. The van der Waals surface area contributed by atoms with Crippen LogP contribution in [0.3, 0.4) is 0 Å². The zero-order valence-electron chi connectivity index (χ0n) is 16.7. The molecule has 1 N–H and O–H groups in total. The molecule has 0 radical (unpaired) electrons. The first-order valence-electron chi connectivity index (χ1n) is 9.50. The van der Waals surface area contributed by atoms with Crippen molar-refractivity contribution in [2.45, 2.75) is 24.7 Å². The van der Waals surface area contributed by atoms with E-state index in [1.165, 1.54) is 12.1 Å². The van der Waals surface area contributed by atoms with E-state index < -0.39 is 15.9 Å². The third-order valence-electron chi connectivity index (χ3n) is 4.59. The Morgan fingerprint density at radius 1 is 0.933 bits per heavy atom. The predicted molar refractivity (Wildman–Crippen MR) is 122 cm³/mol. The van der Waals surface area contributed by atoms with E-state index in [1.54, 1.807) is 42.5 Å². The van der Waals surface area contributed by atoms with Crippen molar-refractivity contribution in [3.63, 3.8) is 0 Å². The predicted octanol–water partition coefficient (Wildman–Crippen LogP) is 5.30. The highest BCUT2D eigenvalue weighted by Crippen LogP contribution is 2.25. The van der Waals surface area contributed by atoms with Gasteiger partial charge in [-0.2, -0.15) is 0 Å². The summed E-state index contributed by atoms with van der Waals surface area (Å²) in [5.74, 6) is -0.0621. The summed E-state index contributed by atoms with van der Waals surface area (Å²) in [6.45, 7) is 3.81. The van der Waals surface area contributed by atoms with Crippen LogP contribution in [0.15, 0.2) is 83.8 Å². The second-order valence-electron chi connectivity index (χ2n) is 7.13. The summed E-state index contributed by atoms with van der Waals surface area (Å²) >= 11 is 5.95. The van der Waals surface area contributed by atoms with Gasteiger partial charge in [-0.15, -0.1) is 0 Å². The van der Waals surface area contributed by atoms with Gasteiger partial charge in [-0.25, -0.2) is 8.42 Å². The molecule has 0 unspecified atom stereocenters. The average molecular weight is 443 g/mol. The second-order valence-corrected chi connectivity index (χ2v) is 9.42. The Labute approximate surface area is 182 Å². The Balaban J connectivity index is 1.87. The summed E-state index contributed by atoms with van der Waals surface area (Å²) < 4.78 is 27.6. The van der Waals surface area contributed by atoms with E-state index in [-0.39, 0.29) is 11.4 Å². The van der Waals surface area contributed by atoms with Gasteiger partial charge in [0.1, 0.15) is 6.54 Å². The number of nitrogens with zero attached hydrogens (tertiary/aromatic N) is 1. The SMILES string of the molecule is CC(C)c1ccc(NC(=O)CN(c2ccc(Cl)cc2)S(=O)(=O)c2ccccc2)cc1. The first-order valence-corrected chi connectivity index (χ1v) is 11.3. The maximum absolute atomic E-state index is 13.2. The van der Waals surface area contributed by atoms with Crippen molar-refractivity contribution in [1.82, 2.24) is 0 Å². The fourth-order valence-electron chi connectivity index (χ4n) is 2.92. The number of anilines is 2. The first kappa shape index (κ1) is 21.9. The Morgan fingerprint density at radius 2 is 1.53 bits per heavy atom. The fourth-order valence-corrected chi connectivity index (χ4v) is 4.49. The van der Waals surface area contributed by atoms with Gasteiger partial charge in [-0.1, -0.05) is 55.8 Å². The van der Waals surface area contributed by atoms with Crippen LogP contribution in [0.5, 0.6) is 0 Å². The number of rotatable bonds is 7. The highest BCUT2D eigenvalue weighted by atomic mass is 35.5. The van der Waals surface area contributed by atoms with Gasteiger partial charge < -0.3 is 5.32 Å². The van der Waals surface area contributed by atoms with Gasteiger partial charge >= 0.3 is 0 Å². The van der Waals surface area contributed by atoms with E-state index in [1.807, 2.05) is 24.3 Å². The van der Waals surface area contributed by atoms with Crippen LogP contribution >= 0.6 is 11.6 Å². The number of benzene rings is 3. The monoisotopic (exact) mass is 442 g/mol. The van der Waals surface area contributed by atoms with Crippen LogP contribution in [0.25, 0.3) is 0 Å². The molecule has 7 heteroatoms. The molecule has 0 bridgehead atoms. The molecule has 3 aromatic carbocycles. The van der Waals surface area contributed by atoms with Crippen LogP contribution in [-0.2, 0) is 14.8 Å². The molecule has 0 spiro atoms. The molecule has 156 valence electrons. The number of carbonyl (C=O) groups excluding carboxylic acids is 1. The number of nitrogens with one attached hydrogen (secondary N) is 1. The molecule has 1 amide bonds. The number of hydrogen-bond acceptors (Lipinski definition) is 3. The zero-order chi connectivity index (χ0) is 21.7. The number of carbonyl (C=O) groups is 1. The van der Waals surface area contributed by atoms with Crippen LogP contribution in [0, 0.1) is 0 Å². The van der Waals surface area contributed by atoms with Gasteiger partial charge in [0.15, 0.2) is 0 Å². The van der Waals surface area contributed by atoms with Crippen LogP contribution < -0.4 is 9.62 Å². The topological polar surface area (TPSA) is 66.5 Å². The Morgan fingerprint density at radius 3 is 2.10 bits per heavy atom. The van der Waals surface area contributed by atoms with Crippen molar-refractivity contribution in [3.8, 4) is 0 Å². The molecule has 0 aliphatic rings. The van der Waals surface area contributed by atoms with Gasteiger partial charge in [0.2, 0.25) is 5.91 Å². The van der Waals surface area contributed by atoms with Gasteiger partial charge in [-0.3, -0.25) is 9.10 Å². The van der Waals surface area contributed by atoms with Gasteiger partial charge in [0.25, 0.3) is 10.0 Å². The Bertz CT molecular complexity index is 1100. The van der Waals surface area contributed by atoms with E-state index in [9.17, 15) is 13.2 Å². The minimum atomic E-state index is -3.94. The fraction of sp³-hybridized carbons (Fsp3) is 0.174. The number of hydrogen-bond donors (Lipinski definition) is 1. The zero-order valence-corrected chi connectivity index (χ0v) is 18.3. The van der Waals surface area contributed by atoms with E-state index in [4.69, 9.17) is 11.6 Å². The van der Waals surface area contributed by atoms with Gasteiger partial charge in [-0.05, 0) is 60.0 Å². The molecule has 30 heavy (non-hydrogen) atoms. The number of sulfonamides is 1. The van der Waals surface area contributed by atoms with E-state index in [0.717, 1.165) is 9.87 Å². The molecule has 0 aromatic heterocycles. The smallest absolute Gasteiger partial charge is 0.264 e. The summed E-state index contributed by atoms with van der Waals surface area (Å²) in [6.07, 6.45) is 0. The lowest BCUT2D eigenvalue weighted by Crippen LogP contribution is -2.38. The molecule has 0 fully saturated rings. The largest absolute Gasteiger partial charge is 0.325 e. The summed E-state index contributed by atoms with van der Waals surface area (Å²) in [5, 5.41) is 3.25. The Hall–Kier alpha value is -2.83. The highest BCUT2D eigenvalue weighted by molar-refractivity contribution is 7.92. The molecule has 0 aliphatic heterocycles. The van der Waals surface area contributed by atoms with E-state index >= 15 is 0 Å². The second kappa shape index (κ2) is 9.32. The quantitative estimate of drug-likeness (QED) is 0.540. The number of amides is 1. The molecule has 0 saturated carbocycles. The molecular weight excluding hydrogens is 420 g/mol. The summed E-state index contributed by atoms with van der Waals surface area (Å²) in [5.41, 5.74) is 2.12. The Kier molecular flexibility index (Phi) is 6.80. The van der Waals surface area contributed by atoms with Crippen LogP contribution in [0.4, 0.5) is 11.4 Å². The normalized spacial score (nSPS) is 11.3. The molecule has 3 rings (SSSR count). The van der Waals surface area contributed by atoms with Crippen LogP contribution in [-0.4, -0.2) is 20.9 Å². The molecule has 5 nitrogen and oxygen atoms in total. The van der Waals surface area contributed by atoms with Crippen molar-refractivity contribution >= 4 is 38.9 Å². The van der Waals surface area contributed by atoms with E-state index in [0.29, 0.717) is 22.3 Å². The standard InChI is InChI=1S/C23H23ClN2O3S/c1-17(2)18-8-12-20(13-9-18)25-23(27)16-26(21-14-10-19(24)11-15-21)30(28,29)22-6-4-3-5-7-22/h3-15,17H,16H2,1-2H3,(H,25,27).